The minimum absolute atomic E-state index is 0.168. The van der Waals surface area contributed by atoms with Gasteiger partial charge in [-0.25, -0.2) is 17.2 Å². The van der Waals surface area contributed by atoms with Gasteiger partial charge in [0, 0.05) is 7.05 Å². The number of esters is 1. The van der Waals surface area contributed by atoms with E-state index in [1.165, 1.54) is 38.4 Å². The van der Waals surface area contributed by atoms with Gasteiger partial charge >= 0.3 is 5.97 Å². The normalized spacial score (nSPS) is 12.4. The molecule has 0 aromatic heterocycles. The highest BCUT2D eigenvalue weighted by Gasteiger charge is 2.25. The molecule has 1 amide bonds. The van der Waals surface area contributed by atoms with Crippen LogP contribution in [0.1, 0.15) is 18.0 Å². The zero-order valence-electron chi connectivity index (χ0n) is 15.8. The number of hydrogen-bond acceptors (Lipinski definition) is 5. The molecule has 2 aromatic rings. The number of ether oxygens (including phenoxy) is 1. The summed E-state index contributed by atoms with van der Waals surface area (Å²) in [6, 6.07) is 8.52. The van der Waals surface area contributed by atoms with E-state index >= 15 is 0 Å². The van der Waals surface area contributed by atoms with E-state index in [9.17, 15) is 26.8 Å². The quantitative estimate of drug-likeness (QED) is 0.652. The van der Waals surface area contributed by atoms with Gasteiger partial charge in [-0.15, -0.1) is 0 Å². The van der Waals surface area contributed by atoms with E-state index in [-0.39, 0.29) is 11.3 Å². The van der Waals surface area contributed by atoms with Gasteiger partial charge in [-0.2, -0.15) is 4.31 Å². The Labute approximate surface area is 167 Å². The molecule has 2 rings (SSSR count). The molecule has 0 aliphatic rings. The van der Waals surface area contributed by atoms with Crippen LogP contribution in [-0.2, 0) is 24.3 Å². The van der Waals surface area contributed by atoms with Gasteiger partial charge in [-0.1, -0.05) is 12.1 Å². The fraction of sp³-hybridized carbons (Fsp3) is 0.263. The van der Waals surface area contributed by atoms with Crippen LogP contribution in [0.15, 0.2) is 53.4 Å². The molecule has 0 fully saturated rings. The molecule has 10 heteroatoms. The van der Waals surface area contributed by atoms with Crippen molar-refractivity contribution in [1.29, 1.82) is 0 Å². The lowest BCUT2D eigenvalue weighted by atomic mass is 10.0. The number of halogens is 2. The molecule has 7 nitrogen and oxygen atoms in total. The summed E-state index contributed by atoms with van der Waals surface area (Å²) in [6.45, 7) is -0.543. The summed E-state index contributed by atoms with van der Waals surface area (Å²) in [5, 5.41) is 2.55. The summed E-state index contributed by atoms with van der Waals surface area (Å²) in [5.41, 5.74) is 0.453. The second-order valence-electron chi connectivity index (χ2n) is 6.17. The predicted octanol–water partition coefficient (Wildman–Crippen LogP) is 2.01. The van der Waals surface area contributed by atoms with Crippen molar-refractivity contribution in [2.75, 3.05) is 20.7 Å². The first kappa shape index (κ1) is 22.4. The van der Waals surface area contributed by atoms with Crippen molar-refractivity contribution >= 4 is 21.9 Å². The number of carbonyl (C=O) groups excluding carboxylic acids is 2. The Morgan fingerprint density at radius 1 is 1.03 bits per heavy atom. The molecule has 0 aliphatic heterocycles. The zero-order valence-corrected chi connectivity index (χ0v) is 16.6. The van der Waals surface area contributed by atoms with Crippen LogP contribution in [0.5, 0.6) is 0 Å². The molecule has 0 aliphatic carbocycles. The Kier molecular flexibility index (Phi) is 7.40. The smallest absolute Gasteiger partial charge is 0.307 e. The molecule has 1 N–H and O–H groups in total. The van der Waals surface area contributed by atoms with Crippen LogP contribution in [0.25, 0.3) is 0 Å². The van der Waals surface area contributed by atoms with Crippen molar-refractivity contribution in [3.63, 3.8) is 0 Å². The van der Waals surface area contributed by atoms with Crippen LogP contribution in [0.4, 0.5) is 8.78 Å². The number of rotatable bonds is 8. The van der Waals surface area contributed by atoms with Crippen LogP contribution < -0.4 is 5.32 Å². The lowest BCUT2D eigenvalue weighted by Crippen LogP contribution is -2.40. The maximum Gasteiger partial charge on any atom is 0.307 e. The van der Waals surface area contributed by atoms with E-state index in [0.29, 0.717) is 5.56 Å². The fourth-order valence-corrected chi connectivity index (χ4v) is 3.64. The number of likely N-dealkylation sites (N-methyl/N-ethyl adjacent to an activating group) is 1. The van der Waals surface area contributed by atoms with E-state index < -0.39 is 46.1 Å². The first-order valence-electron chi connectivity index (χ1n) is 8.47. The number of methoxy groups -OCH3 is 1. The maximum absolute atomic E-state index is 13.2. The lowest BCUT2D eigenvalue weighted by Gasteiger charge is -2.21. The summed E-state index contributed by atoms with van der Waals surface area (Å²) < 4.78 is 56.6. The summed E-state index contributed by atoms with van der Waals surface area (Å²) in [7, 11) is -1.63. The minimum Gasteiger partial charge on any atom is -0.469 e. The lowest BCUT2D eigenvalue weighted by molar-refractivity contribution is -0.141. The van der Waals surface area contributed by atoms with Crippen LogP contribution in [0.3, 0.4) is 0 Å². The van der Waals surface area contributed by atoms with E-state index in [2.05, 4.69) is 10.1 Å². The Morgan fingerprint density at radius 3 is 2.07 bits per heavy atom. The number of carbonyl (C=O) groups is 2. The number of nitrogens with zero attached hydrogens (tertiary/aromatic N) is 1. The molecule has 0 bridgehead atoms. The van der Waals surface area contributed by atoms with Crippen molar-refractivity contribution in [3.05, 3.63) is 65.7 Å². The third-order valence-electron chi connectivity index (χ3n) is 4.09. The Bertz CT molecular complexity index is 963. The SMILES string of the molecule is COC(=O)CC(NC(=O)CN(C)S(=O)(=O)c1ccc(F)cc1)c1ccc(F)cc1. The summed E-state index contributed by atoms with van der Waals surface area (Å²) in [4.78, 5) is 23.9. The van der Waals surface area contributed by atoms with Crippen molar-refractivity contribution in [1.82, 2.24) is 9.62 Å². The van der Waals surface area contributed by atoms with Crippen LogP contribution in [0.2, 0.25) is 0 Å². The van der Waals surface area contributed by atoms with Gasteiger partial charge in [-0.3, -0.25) is 9.59 Å². The average molecular weight is 426 g/mol. The van der Waals surface area contributed by atoms with Gasteiger partial charge in [0.15, 0.2) is 0 Å². The number of amides is 1. The van der Waals surface area contributed by atoms with Crippen LogP contribution >= 0.6 is 0 Å². The monoisotopic (exact) mass is 426 g/mol. The minimum atomic E-state index is -4.02. The molecule has 0 heterocycles. The predicted molar refractivity (Wildman–Crippen MR) is 100 cm³/mol. The molecule has 0 saturated carbocycles. The third-order valence-corrected chi connectivity index (χ3v) is 5.91. The van der Waals surface area contributed by atoms with E-state index in [0.717, 1.165) is 28.6 Å². The first-order valence-corrected chi connectivity index (χ1v) is 9.91. The zero-order chi connectivity index (χ0) is 21.6. The topological polar surface area (TPSA) is 92.8 Å². The van der Waals surface area contributed by atoms with Gasteiger partial charge in [0.05, 0.1) is 31.0 Å². The number of sulfonamides is 1. The second kappa shape index (κ2) is 9.57. The van der Waals surface area contributed by atoms with Crippen LogP contribution in [0, 0.1) is 11.6 Å². The number of benzene rings is 2. The van der Waals surface area contributed by atoms with E-state index in [1.54, 1.807) is 0 Å². The highest BCUT2D eigenvalue weighted by atomic mass is 32.2. The molecular formula is C19H20F2N2O5S. The molecule has 1 unspecified atom stereocenters. The summed E-state index contributed by atoms with van der Waals surface area (Å²) in [6.07, 6.45) is -0.220. The molecule has 156 valence electrons. The highest BCUT2D eigenvalue weighted by Crippen LogP contribution is 2.19. The average Bonchev–Trinajstić information content (AvgIpc) is 2.68. The number of nitrogens with one attached hydrogen (secondary N) is 1. The van der Waals surface area contributed by atoms with Gasteiger partial charge in [0.2, 0.25) is 15.9 Å². The van der Waals surface area contributed by atoms with E-state index in [1.807, 2.05) is 0 Å². The van der Waals surface area contributed by atoms with Crippen LogP contribution in [-0.4, -0.2) is 45.3 Å². The third kappa shape index (κ3) is 6.06. The molecule has 0 spiro atoms. The molecule has 1 atom stereocenters. The molecular weight excluding hydrogens is 406 g/mol. The van der Waals surface area contributed by atoms with Crippen molar-refractivity contribution in [2.45, 2.75) is 17.4 Å². The largest absolute Gasteiger partial charge is 0.469 e. The van der Waals surface area contributed by atoms with Crippen molar-refractivity contribution in [2.24, 2.45) is 0 Å². The van der Waals surface area contributed by atoms with Crippen molar-refractivity contribution < 1.29 is 31.5 Å². The molecule has 0 radical (unpaired) electrons. The number of hydrogen-bond donors (Lipinski definition) is 1. The molecule has 29 heavy (non-hydrogen) atoms. The van der Waals surface area contributed by atoms with Crippen molar-refractivity contribution in [3.8, 4) is 0 Å². The summed E-state index contributed by atoms with van der Waals surface area (Å²) >= 11 is 0. The Balaban J connectivity index is 2.13. The van der Waals surface area contributed by atoms with E-state index in [4.69, 9.17) is 0 Å². The van der Waals surface area contributed by atoms with Gasteiger partial charge in [0.1, 0.15) is 11.6 Å². The Morgan fingerprint density at radius 2 is 1.55 bits per heavy atom. The molecule has 2 aromatic carbocycles. The van der Waals surface area contributed by atoms with Gasteiger partial charge in [0.25, 0.3) is 0 Å². The highest BCUT2D eigenvalue weighted by molar-refractivity contribution is 7.89. The first-order chi connectivity index (χ1) is 13.6. The van der Waals surface area contributed by atoms with Gasteiger partial charge in [-0.05, 0) is 42.0 Å². The summed E-state index contributed by atoms with van der Waals surface area (Å²) in [5.74, 6) is -2.36. The second-order valence-corrected chi connectivity index (χ2v) is 8.21. The Hall–Kier alpha value is -2.85. The van der Waals surface area contributed by atoms with Gasteiger partial charge < -0.3 is 10.1 Å². The fourth-order valence-electron chi connectivity index (χ4n) is 2.51. The maximum atomic E-state index is 13.2. The standard InChI is InChI=1S/C19H20F2N2O5S/c1-23(29(26,27)16-9-7-15(21)8-10-16)12-18(24)22-17(11-19(25)28-2)13-3-5-14(20)6-4-13/h3-10,17H,11-12H2,1-2H3,(H,22,24). The molecule has 0 saturated heterocycles.